The van der Waals surface area contributed by atoms with Gasteiger partial charge in [0.05, 0.1) is 6.54 Å². The largest absolute Gasteiger partial charge is 0.319 e. The van der Waals surface area contributed by atoms with Crippen LogP contribution >= 0.6 is 0 Å². The highest BCUT2D eigenvalue weighted by atomic mass is 16.2. The summed E-state index contributed by atoms with van der Waals surface area (Å²) in [7, 11) is 0. The molecule has 0 spiro atoms. The molecule has 4 atom stereocenters. The predicted molar refractivity (Wildman–Crippen MR) is 84.7 cm³/mol. The second-order valence-electron chi connectivity index (χ2n) is 6.83. The Hall–Kier alpha value is -1.35. The van der Waals surface area contributed by atoms with E-state index < -0.39 is 0 Å². The number of nitrogens with one attached hydrogen (secondary N) is 1. The number of hydrogen-bond donors (Lipinski definition) is 1. The van der Waals surface area contributed by atoms with E-state index in [-0.39, 0.29) is 12.1 Å². The normalized spacial score (nSPS) is 33.5. The molecule has 0 aromatic heterocycles. The summed E-state index contributed by atoms with van der Waals surface area (Å²) >= 11 is 0. The summed E-state index contributed by atoms with van der Waals surface area (Å²) in [5.41, 5.74) is 2.46. The molecule has 21 heavy (non-hydrogen) atoms. The molecule has 3 heteroatoms. The number of carbonyl (C=O) groups excluding carboxylic acids is 1. The first-order valence-corrected chi connectivity index (χ1v) is 8.19. The molecule has 0 radical (unpaired) electrons. The third-order valence-corrected chi connectivity index (χ3v) is 5.39. The van der Waals surface area contributed by atoms with E-state index >= 15 is 0 Å². The molecule has 3 rings (SSSR count). The molecule has 1 aromatic carbocycles. The summed E-state index contributed by atoms with van der Waals surface area (Å²) in [6.45, 7) is 7.21. The topological polar surface area (TPSA) is 32.3 Å². The average Bonchev–Trinajstić information content (AvgIpc) is 2.84. The van der Waals surface area contributed by atoms with Crippen molar-refractivity contribution in [1.29, 1.82) is 0 Å². The standard InChI is InChI=1S/C18H26N2O/c1-12-6-4-8-15(10-12)18-19-11-17(21)20(18)16-9-5-7-13(2)14(16)3/h4,6,8,10,13-14,16,18-19H,5,7,9,11H2,1-3H3. The van der Waals surface area contributed by atoms with Gasteiger partial charge in [-0.2, -0.15) is 0 Å². The number of carbonyl (C=O) groups is 1. The summed E-state index contributed by atoms with van der Waals surface area (Å²) < 4.78 is 0. The van der Waals surface area contributed by atoms with Crippen LogP contribution in [0.2, 0.25) is 0 Å². The van der Waals surface area contributed by atoms with E-state index in [1.807, 2.05) is 0 Å². The summed E-state index contributed by atoms with van der Waals surface area (Å²) in [5, 5.41) is 3.41. The van der Waals surface area contributed by atoms with Crippen molar-refractivity contribution in [1.82, 2.24) is 10.2 Å². The Bertz CT molecular complexity index is 528. The Balaban J connectivity index is 1.89. The Morgan fingerprint density at radius 1 is 1.24 bits per heavy atom. The predicted octanol–water partition coefficient (Wildman–Crippen LogP) is 3.25. The molecule has 1 saturated heterocycles. The van der Waals surface area contributed by atoms with Gasteiger partial charge >= 0.3 is 0 Å². The van der Waals surface area contributed by atoms with Crippen LogP contribution in [0.1, 0.15) is 50.4 Å². The lowest BCUT2D eigenvalue weighted by atomic mass is 9.77. The van der Waals surface area contributed by atoms with E-state index in [0.29, 0.717) is 24.4 Å². The Morgan fingerprint density at radius 2 is 2.05 bits per heavy atom. The van der Waals surface area contributed by atoms with E-state index in [1.165, 1.54) is 24.0 Å². The molecule has 1 saturated carbocycles. The maximum atomic E-state index is 12.5. The first-order chi connectivity index (χ1) is 10.1. The minimum Gasteiger partial charge on any atom is -0.319 e. The molecule has 3 nitrogen and oxygen atoms in total. The van der Waals surface area contributed by atoms with Crippen LogP contribution < -0.4 is 5.32 Å². The van der Waals surface area contributed by atoms with Crippen LogP contribution in [-0.2, 0) is 4.79 Å². The highest BCUT2D eigenvalue weighted by molar-refractivity contribution is 5.81. The fraction of sp³-hybridized carbons (Fsp3) is 0.611. The van der Waals surface area contributed by atoms with Crippen LogP contribution in [0.5, 0.6) is 0 Å². The second kappa shape index (κ2) is 5.80. The minimum absolute atomic E-state index is 0.0511. The fourth-order valence-corrected chi connectivity index (χ4v) is 3.96. The van der Waals surface area contributed by atoms with Crippen molar-refractivity contribution < 1.29 is 4.79 Å². The van der Waals surface area contributed by atoms with Crippen molar-refractivity contribution in [2.75, 3.05) is 6.54 Å². The van der Waals surface area contributed by atoms with Crippen LogP contribution in [0, 0.1) is 18.8 Å². The van der Waals surface area contributed by atoms with Crippen molar-refractivity contribution in [2.45, 2.75) is 52.2 Å². The summed E-state index contributed by atoms with van der Waals surface area (Å²) in [5.74, 6) is 1.54. The zero-order valence-corrected chi connectivity index (χ0v) is 13.3. The highest BCUT2D eigenvalue weighted by Gasteiger charge is 2.41. The monoisotopic (exact) mass is 286 g/mol. The first-order valence-electron chi connectivity index (χ1n) is 8.19. The van der Waals surface area contributed by atoms with Gasteiger partial charge in [0.25, 0.3) is 0 Å². The Kier molecular flexibility index (Phi) is 4.03. The first kappa shape index (κ1) is 14.6. The molecule has 2 fully saturated rings. The van der Waals surface area contributed by atoms with Crippen molar-refractivity contribution in [2.24, 2.45) is 11.8 Å². The van der Waals surface area contributed by atoms with Crippen LogP contribution in [-0.4, -0.2) is 23.4 Å². The highest BCUT2D eigenvalue weighted by Crippen LogP contribution is 2.37. The molecule has 2 aliphatic rings. The van der Waals surface area contributed by atoms with Crippen LogP contribution in [0.25, 0.3) is 0 Å². The molecule has 1 aromatic rings. The second-order valence-corrected chi connectivity index (χ2v) is 6.83. The minimum atomic E-state index is 0.0511. The van der Waals surface area contributed by atoms with Crippen molar-refractivity contribution in [3.8, 4) is 0 Å². The van der Waals surface area contributed by atoms with Gasteiger partial charge < -0.3 is 4.90 Å². The average molecular weight is 286 g/mol. The lowest BCUT2D eigenvalue weighted by molar-refractivity contribution is -0.132. The summed E-state index contributed by atoms with van der Waals surface area (Å²) in [4.78, 5) is 14.6. The van der Waals surface area contributed by atoms with Gasteiger partial charge in [-0.3, -0.25) is 10.1 Å². The third kappa shape index (κ3) is 2.71. The Morgan fingerprint density at radius 3 is 2.81 bits per heavy atom. The van der Waals surface area contributed by atoms with E-state index in [0.717, 1.165) is 6.42 Å². The number of aryl methyl sites for hydroxylation is 1. The van der Waals surface area contributed by atoms with Gasteiger partial charge in [-0.05, 0) is 30.7 Å². The van der Waals surface area contributed by atoms with E-state index in [4.69, 9.17) is 0 Å². The molecule has 1 N–H and O–H groups in total. The molecular weight excluding hydrogens is 260 g/mol. The molecule has 1 heterocycles. The number of nitrogens with zero attached hydrogens (tertiary/aromatic N) is 1. The summed E-state index contributed by atoms with van der Waals surface area (Å²) in [6.07, 6.45) is 3.72. The van der Waals surface area contributed by atoms with Gasteiger partial charge in [0, 0.05) is 6.04 Å². The molecule has 0 bridgehead atoms. The SMILES string of the molecule is Cc1cccc(C2NCC(=O)N2C2CCCC(C)C2C)c1. The Labute approximate surface area is 127 Å². The molecular formula is C18H26N2O. The van der Waals surface area contributed by atoms with Crippen LogP contribution in [0.15, 0.2) is 24.3 Å². The maximum Gasteiger partial charge on any atom is 0.238 e. The van der Waals surface area contributed by atoms with Crippen molar-refractivity contribution in [3.63, 3.8) is 0 Å². The third-order valence-electron chi connectivity index (χ3n) is 5.39. The molecule has 4 unspecified atom stereocenters. The fourth-order valence-electron chi connectivity index (χ4n) is 3.96. The van der Waals surface area contributed by atoms with E-state index in [1.54, 1.807) is 0 Å². The molecule has 1 aliphatic heterocycles. The quantitative estimate of drug-likeness (QED) is 0.905. The lowest BCUT2D eigenvalue weighted by Crippen LogP contribution is -2.46. The lowest BCUT2D eigenvalue weighted by Gasteiger charge is -2.42. The summed E-state index contributed by atoms with van der Waals surface area (Å²) in [6, 6.07) is 8.89. The zero-order chi connectivity index (χ0) is 15.0. The van der Waals surface area contributed by atoms with E-state index in [2.05, 4.69) is 55.3 Å². The zero-order valence-electron chi connectivity index (χ0n) is 13.3. The molecule has 114 valence electrons. The number of amides is 1. The molecule has 1 aliphatic carbocycles. The van der Waals surface area contributed by atoms with Gasteiger partial charge in [0.15, 0.2) is 0 Å². The van der Waals surface area contributed by atoms with E-state index in [9.17, 15) is 4.79 Å². The van der Waals surface area contributed by atoms with Gasteiger partial charge in [-0.25, -0.2) is 0 Å². The number of benzene rings is 1. The van der Waals surface area contributed by atoms with Crippen molar-refractivity contribution in [3.05, 3.63) is 35.4 Å². The van der Waals surface area contributed by atoms with Gasteiger partial charge in [0.2, 0.25) is 5.91 Å². The van der Waals surface area contributed by atoms with Gasteiger partial charge in [-0.15, -0.1) is 0 Å². The van der Waals surface area contributed by atoms with Gasteiger partial charge in [-0.1, -0.05) is 56.5 Å². The van der Waals surface area contributed by atoms with Gasteiger partial charge in [0.1, 0.15) is 6.17 Å². The number of rotatable bonds is 2. The number of hydrogen-bond acceptors (Lipinski definition) is 2. The van der Waals surface area contributed by atoms with Crippen LogP contribution in [0.4, 0.5) is 0 Å². The van der Waals surface area contributed by atoms with Crippen LogP contribution in [0.3, 0.4) is 0 Å². The smallest absolute Gasteiger partial charge is 0.238 e. The van der Waals surface area contributed by atoms with Crippen molar-refractivity contribution >= 4 is 5.91 Å². The molecule has 1 amide bonds. The maximum absolute atomic E-state index is 12.5.